The molecule has 1 spiro atoms. The minimum absolute atomic E-state index is 0.0323. The molecule has 2 aliphatic rings. The molecule has 1 aliphatic carbocycles. The highest BCUT2D eigenvalue weighted by Crippen LogP contribution is 2.32. The lowest BCUT2D eigenvalue weighted by Crippen LogP contribution is -2.50. The normalized spacial score (nSPS) is 23.5. The number of urea groups is 1. The maximum Gasteiger partial charge on any atom is 0.322 e. The summed E-state index contributed by atoms with van der Waals surface area (Å²) >= 11 is 0. The molecule has 0 radical (unpaired) electrons. The van der Waals surface area contributed by atoms with Gasteiger partial charge in [0, 0.05) is 11.8 Å². The summed E-state index contributed by atoms with van der Waals surface area (Å²) < 4.78 is 31.1. The van der Waals surface area contributed by atoms with Crippen molar-refractivity contribution in [1.82, 2.24) is 20.9 Å². The molecule has 1 aromatic carbocycles. The van der Waals surface area contributed by atoms with E-state index >= 15 is 0 Å². The molecule has 2 aromatic rings. The van der Waals surface area contributed by atoms with E-state index in [4.69, 9.17) is 4.84 Å². The van der Waals surface area contributed by atoms with Crippen molar-refractivity contribution in [2.45, 2.75) is 37.3 Å². The van der Waals surface area contributed by atoms with Crippen LogP contribution in [0.2, 0.25) is 0 Å². The van der Waals surface area contributed by atoms with Crippen LogP contribution in [0.5, 0.6) is 0 Å². The minimum atomic E-state index is -1.09. The Labute approximate surface area is 172 Å². The summed E-state index contributed by atoms with van der Waals surface area (Å²) in [6.45, 7) is 0. The van der Waals surface area contributed by atoms with Gasteiger partial charge >= 0.3 is 6.03 Å². The highest BCUT2D eigenvalue weighted by molar-refractivity contribution is 6.09. The number of aromatic nitrogens is 2. The van der Waals surface area contributed by atoms with Gasteiger partial charge in [-0.25, -0.2) is 23.7 Å². The molecule has 1 saturated heterocycles. The summed E-state index contributed by atoms with van der Waals surface area (Å²) in [5, 5.41) is 27.0. The lowest BCUT2D eigenvalue weighted by atomic mass is 9.80. The zero-order chi connectivity index (χ0) is 22.0. The Hall–Kier alpha value is -3.81. The van der Waals surface area contributed by atoms with E-state index in [9.17, 15) is 23.6 Å². The molecule has 2 fully saturated rings. The van der Waals surface area contributed by atoms with Gasteiger partial charge in [-0.1, -0.05) is 5.16 Å². The van der Waals surface area contributed by atoms with E-state index in [1.807, 2.05) is 0 Å². The van der Waals surface area contributed by atoms with Gasteiger partial charge in [0.2, 0.25) is 11.7 Å². The molecule has 3 amide bonds. The van der Waals surface area contributed by atoms with Crippen LogP contribution >= 0.6 is 0 Å². The van der Waals surface area contributed by atoms with Crippen LogP contribution in [0.25, 0.3) is 0 Å². The molecular weight excluding hydrogens is 420 g/mol. The van der Waals surface area contributed by atoms with Gasteiger partial charge in [0.15, 0.2) is 17.3 Å². The number of oxime groups is 1. The fourth-order valence-corrected chi connectivity index (χ4v) is 3.47. The van der Waals surface area contributed by atoms with E-state index in [1.54, 1.807) is 0 Å². The van der Waals surface area contributed by atoms with Crippen LogP contribution in [0.1, 0.15) is 31.4 Å². The summed E-state index contributed by atoms with van der Waals surface area (Å²) in [6, 6.07) is 2.49. The highest BCUT2D eigenvalue weighted by atomic mass is 19.2. The number of amides is 3. The first-order valence-corrected chi connectivity index (χ1v) is 9.22. The Morgan fingerprint density at radius 2 is 2.03 bits per heavy atom. The zero-order valence-electron chi connectivity index (χ0n) is 15.8. The van der Waals surface area contributed by atoms with Crippen LogP contribution in [0, 0.1) is 11.6 Å². The Morgan fingerprint density at radius 1 is 1.26 bits per heavy atom. The van der Waals surface area contributed by atoms with Crippen molar-refractivity contribution in [3.8, 4) is 0 Å². The van der Waals surface area contributed by atoms with Gasteiger partial charge in [0.25, 0.3) is 5.91 Å². The number of anilines is 2. The maximum absolute atomic E-state index is 13.4. The molecule has 2 heterocycles. The number of hydrogen-bond acceptors (Lipinski definition) is 9. The van der Waals surface area contributed by atoms with Gasteiger partial charge in [-0.05, 0) is 48.1 Å². The molecule has 1 aliphatic heterocycles. The van der Waals surface area contributed by atoms with Gasteiger partial charge < -0.3 is 15.8 Å². The Balaban J connectivity index is 1.37. The van der Waals surface area contributed by atoms with Gasteiger partial charge in [0.1, 0.15) is 5.54 Å². The predicted octanol–water partition coefficient (Wildman–Crippen LogP) is 1.46. The van der Waals surface area contributed by atoms with Crippen molar-refractivity contribution >= 4 is 29.3 Å². The van der Waals surface area contributed by atoms with Crippen molar-refractivity contribution < 1.29 is 33.0 Å². The van der Waals surface area contributed by atoms with Gasteiger partial charge in [0.05, 0.1) is 6.10 Å². The molecule has 4 rings (SSSR count). The second kappa shape index (κ2) is 8.14. The van der Waals surface area contributed by atoms with E-state index in [2.05, 4.69) is 41.5 Å². The van der Waals surface area contributed by atoms with Crippen LogP contribution in [0.4, 0.5) is 25.1 Å². The van der Waals surface area contributed by atoms with Crippen LogP contribution in [-0.4, -0.2) is 44.9 Å². The second-order valence-corrected chi connectivity index (χ2v) is 7.07. The molecule has 0 unspecified atom stereocenters. The summed E-state index contributed by atoms with van der Waals surface area (Å²) in [5.74, 6) is -2.76. The Morgan fingerprint density at radius 3 is 2.68 bits per heavy atom. The maximum atomic E-state index is 13.4. The molecule has 14 heteroatoms. The van der Waals surface area contributed by atoms with Crippen molar-refractivity contribution in [3.63, 3.8) is 0 Å². The first-order chi connectivity index (χ1) is 14.9. The number of nitrogens with one attached hydrogen (secondary N) is 4. The molecular formula is C17H17F2N7O5. The summed E-state index contributed by atoms with van der Waals surface area (Å²) in [6.07, 6.45) is 1.41. The summed E-state index contributed by atoms with van der Waals surface area (Å²) in [4.78, 5) is 29.0. The van der Waals surface area contributed by atoms with Crippen LogP contribution in [0.3, 0.4) is 0 Å². The molecule has 12 nitrogen and oxygen atoms in total. The zero-order valence-corrected chi connectivity index (χ0v) is 15.8. The van der Waals surface area contributed by atoms with E-state index in [1.165, 1.54) is 6.07 Å². The number of benzene rings is 1. The highest BCUT2D eigenvalue weighted by Gasteiger charge is 2.48. The molecule has 1 saturated carbocycles. The number of rotatable bonds is 5. The van der Waals surface area contributed by atoms with E-state index < -0.39 is 23.2 Å². The Kier molecular flexibility index (Phi) is 5.37. The average Bonchev–Trinajstić information content (AvgIpc) is 3.32. The van der Waals surface area contributed by atoms with Crippen LogP contribution < -0.4 is 21.4 Å². The van der Waals surface area contributed by atoms with Crippen molar-refractivity contribution in [2.24, 2.45) is 5.16 Å². The van der Waals surface area contributed by atoms with E-state index in [0.29, 0.717) is 25.7 Å². The van der Waals surface area contributed by atoms with E-state index in [0.717, 1.165) is 12.1 Å². The third-order valence-electron chi connectivity index (χ3n) is 5.12. The van der Waals surface area contributed by atoms with Crippen LogP contribution in [0.15, 0.2) is 28.0 Å². The third kappa shape index (κ3) is 4.09. The predicted molar refractivity (Wildman–Crippen MR) is 99.0 cm³/mol. The number of carbonyl (C=O) groups excluding carboxylic acids is 2. The molecule has 164 valence electrons. The number of amidine groups is 1. The van der Waals surface area contributed by atoms with Crippen LogP contribution in [-0.2, 0) is 9.63 Å². The summed E-state index contributed by atoms with van der Waals surface area (Å²) in [5.41, 5.74) is 1.66. The number of nitrogens with zero attached hydrogens (tertiary/aromatic N) is 3. The molecule has 0 atom stereocenters. The number of halogens is 2. The third-order valence-corrected chi connectivity index (χ3v) is 5.12. The fraction of sp³-hybridized carbons (Fsp3) is 0.353. The van der Waals surface area contributed by atoms with Gasteiger partial charge in [-0.15, -0.1) is 0 Å². The van der Waals surface area contributed by atoms with Crippen molar-refractivity contribution in [1.29, 1.82) is 0 Å². The smallest absolute Gasteiger partial charge is 0.322 e. The standard InChI is InChI=1S/C17H17F2N7O5/c18-10-2-1-8(7-11(10)19)20-13(23-29)12-14(26-31-24-12)25-30-9-3-5-17(6-4-9)15(27)21-16(28)22-17/h1-2,7,9,29H,3-6H2,(H,20,23)(H,25,26)(H2,21,22,27,28). The lowest BCUT2D eigenvalue weighted by Gasteiger charge is -2.33. The monoisotopic (exact) mass is 437 g/mol. The van der Waals surface area contributed by atoms with Crippen molar-refractivity contribution in [2.75, 3.05) is 10.8 Å². The fourth-order valence-electron chi connectivity index (χ4n) is 3.47. The second-order valence-electron chi connectivity index (χ2n) is 7.07. The number of imide groups is 1. The quantitative estimate of drug-likeness (QED) is 0.153. The minimum Gasteiger partial charge on any atom is -0.409 e. The van der Waals surface area contributed by atoms with E-state index in [-0.39, 0.29) is 35.0 Å². The number of carbonyl (C=O) groups is 2. The topological polar surface area (TPSA) is 163 Å². The largest absolute Gasteiger partial charge is 0.409 e. The average molecular weight is 437 g/mol. The Bertz CT molecular complexity index is 1040. The molecule has 1 aromatic heterocycles. The first-order valence-electron chi connectivity index (χ1n) is 9.22. The van der Waals surface area contributed by atoms with Gasteiger partial charge in [-0.3, -0.25) is 14.9 Å². The molecule has 5 N–H and O–H groups in total. The van der Waals surface area contributed by atoms with Crippen molar-refractivity contribution in [3.05, 3.63) is 35.5 Å². The summed E-state index contributed by atoms with van der Waals surface area (Å²) in [7, 11) is 0. The SMILES string of the molecule is O=C1NC(=O)C2(CCC(ONc3nonc3/C(=N/O)Nc3ccc(F)c(F)c3)CC2)N1. The molecule has 31 heavy (non-hydrogen) atoms. The first kappa shape index (κ1) is 20.5. The lowest BCUT2D eigenvalue weighted by molar-refractivity contribution is -0.126. The van der Waals surface area contributed by atoms with Gasteiger partial charge in [-0.2, -0.15) is 0 Å². The number of hydrogen-bond donors (Lipinski definition) is 5. The molecule has 0 bridgehead atoms.